The maximum Gasteiger partial charge on any atom is 0.269 e. The Morgan fingerprint density at radius 3 is 2.40 bits per heavy atom. The summed E-state index contributed by atoms with van der Waals surface area (Å²) >= 11 is 0. The van der Waals surface area contributed by atoms with Crippen LogP contribution in [0.4, 0.5) is 5.69 Å². The highest BCUT2D eigenvalue weighted by Gasteiger charge is 2.31. The standard InChI is InChI=1S/C27H35N3O5/c1-19-6-7-20(2)24(18-19)35-17-5-14-27(3,4)26(32)28-22-12-15-29(16-13-22)25(31)21-8-10-23(11-9-21)30(33)34/h6-11,18,22H,5,12-17H2,1-4H3,(H,28,32). The lowest BCUT2D eigenvalue weighted by molar-refractivity contribution is -0.384. The topological polar surface area (TPSA) is 102 Å². The van der Waals surface area contributed by atoms with E-state index in [4.69, 9.17) is 4.74 Å². The smallest absolute Gasteiger partial charge is 0.269 e. The lowest BCUT2D eigenvalue weighted by Gasteiger charge is -2.34. The second-order valence-corrected chi connectivity index (χ2v) is 9.95. The normalized spacial score (nSPS) is 14.5. The second kappa shape index (κ2) is 11.3. The summed E-state index contributed by atoms with van der Waals surface area (Å²) in [4.78, 5) is 37.7. The highest BCUT2D eigenvalue weighted by atomic mass is 16.6. The molecule has 2 amide bonds. The molecule has 1 saturated heterocycles. The second-order valence-electron chi connectivity index (χ2n) is 9.95. The van der Waals surface area contributed by atoms with Crippen LogP contribution in [0.25, 0.3) is 0 Å². The molecule has 8 nitrogen and oxygen atoms in total. The molecular formula is C27H35N3O5. The van der Waals surface area contributed by atoms with Gasteiger partial charge in [-0.05, 0) is 68.9 Å². The number of piperidine rings is 1. The number of hydrogen-bond donors (Lipinski definition) is 1. The molecule has 1 fully saturated rings. The number of nitro groups is 1. The van der Waals surface area contributed by atoms with Crippen LogP contribution in [0.2, 0.25) is 0 Å². The van der Waals surface area contributed by atoms with Crippen LogP contribution in [0.15, 0.2) is 42.5 Å². The van der Waals surface area contributed by atoms with Crippen molar-refractivity contribution in [1.29, 1.82) is 0 Å². The van der Waals surface area contributed by atoms with Crippen LogP contribution in [0.5, 0.6) is 5.75 Å². The number of benzene rings is 2. The van der Waals surface area contributed by atoms with Gasteiger partial charge in [-0.3, -0.25) is 19.7 Å². The van der Waals surface area contributed by atoms with E-state index in [0.717, 1.165) is 23.3 Å². The van der Waals surface area contributed by atoms with Gasteiger partial charge in [-0.2, -0.15) is 0 Å². The van der Waals surface area contributed by atoms with Gasteiger partial charge in [0, 0.05) is 42.2 Å². The minimum Gasteiger partial charge on any atom is -0.493 e. The lowest BCUT2D eigenvalue weighted by Crippen LogP contribution is -2.49. The Kier molecular flexibility index (Phi) is 8.48. The summed E-state index contributed by atoms with van der Waals surface area (Å²) in [6, 6.07) is 11.8. The van der Waals surface area contributed by atoms with Gasteiger partial charge in [-0.15, -0.1) is 0 Å². The lowest BCUT2D eigenvalue weighted by atomic mass is 9.86. The molecule has 0 spiro atoms. The van der Waals surface area contributed by atoms with E-state index in [1.807, 2.05) is 39.8 Å². The number of carbonyl (C=O) groups is 2. The first-order valence-corrected chi connectivity index (χ1v) is 12.1. The molecule has 35 heavy (non-hydrogen) atoms. The van der Waals surface area contributed by atoms with Crippen LogP contribution in [0, 0.1) is 29.4 Å². The molecule has 1 heterocycles. The van der Waals surface area contributed by atoms with Crippen LogP contribution < -0.4 is 10.1 Å². The Morgan fingerprint density at radius 2 is 1.77 bits per heavy atom. The summed E-state index contributed by atoms with van der Waals surface area (Å²) in [7, 11) is 0. The number of ether oxygens (including phenoxy) is 1. The van der Waals surface area contributed by atoms with Crippen LogP contribution >= 0.6 is 0 Å². The van der Waals surface area contributed by atoms with Crippen LogP contribution in [0.3, 0.4) is 0 Å². The summed E-state index contributed by atoms with van der Waals surface area (Å²) in [5.74, 6) is 0.764. The molecule has 2 aromatic carbocycles. The minimum absolute atomic E-state index is 0.0179. The fourth-order valence-corrected chi connectivity index (χ4v) is 4.19. The molecule has 0 radical (unpaired) electrons. The van der Waals surface area contributed by atoms with E-state index in [-0.39, 0.29) is 23.5 Å². The zero-order valence-corrected chi connectivity index (χ0v) is 21.0. The maximum atomic E-state index is 12.9. The van der Waals surface area contributed by atoms with Crippen molar-refractivity contribution in [3.05, 3.63) is 69.3 Å². The minimum atomic E-state index is -0.517. The number of likely N-dealkylation sites (tertiary alicyclic amines) is 1. The number of nitro benzene ring substituents is 1. The Morgan fingerprint density at radius 1 is 1.11 bits per heavy atom. The molecule has 1 N–H and O–H groups in total. The fourth-order valence-electron chi connectivity index (χ4n) is 4.19. The first-order chi connectivity index (χ1) is 16.6. The summed E-state index contributed by atoms with van der Waals surface area (Å²) < 4.78 is 5.93. The van der Waals surface area contributed by atoms with E-state index in [1.54, 1.807) is 4.90 Å². The Bertz CT molecular complexity index is 1060. The first-order valence-electron chi connectivity index (χ1n) is 12.1. The molecule has 0 aromatic heterocycles. The van der Waals surface area contributed by atoms with Gasteiger partial charge in [0.2, 0.25) is 5.91 Å². The molecule has 0 aliphatic carbocycles. The summed E-state index contributed by atoms with van der Waals surface area (Å²) in [6.45, 7) is 9.59. The van der Waals surface area contributed by atoms with Gasteiger partial charge in [-0.25, -0.2) is 0 Å². The average molecular weight is 482 g/mol. The number of nitrogens with one attached hydrogen (secondary N) is 1. The zero-order chi connectivity index (χ0) is 25.6. The monoisotopic (exact) mass is 481 g/mol. The van der Waals surface area contributed by atoms with E-state index in [9.17, 15) is 19.7 Å². The van der Waals surface area contributed by atoms with E-state index >= 15 is 0 Å². The number of hydrogen-bond acceptors (Lipinski definition) is 5. The highest BCUT2D eigenvalue weighted by molar-refractivity contribution is 5.94. The molecule has 188 valence electrons. The van der Waals surface area contributed by atoms with Crippen molar-refractivity contribution in [3.8, 4) is 5.75 Å². The summed E-state index contributed by atoms with van der Waals surface area (Å²) in [6.07, 6.45) is 2.84. The maximum absolute atomic E-state index is 12.9. The molecule has 0 unspecified atom stereocenters. The van der Waals surface area contributed by atoms with Crippen molar-refractivity contribution in [2.24, 2.45) is 5.41 Å². The predicted octanol–water partition coefficient (Wildman–Crippen LogP) is 4.82. The third-order valence-corrected chi connectivity index (χ3v) is 6.60. The van der Waals surface area contributed by atoms with Gasteiger partial charge < -0.3 is 15.0 Å². The first kappa shape index (κ1) is 26.2. The molecule has 1 aliphatic rings. The van der Waals surface area contributed by atoms with Gasteiger partial charge in [-0.1, -0.05) is 26.0 Å². The number of carbonyl (C=O) groups excluding carboxylic acids is 2. The van der Waals surface area contributed by atoms with E-state index < -0.39 is 10.3 Å². The number of amides is 2. The Balaban J connectivity index is 1.42. The quantitative estimate of drug-likeness (QED) is 0.314. The fraction of sp³-hybridized carbons (Fsp3) is 0.481. The number of nitrogens with zero attached hydrogens (tertiary/aromatic N) is 2. The van der Waals surface area contributed by atoms with Gasteiger partial charge in [0.15, 0.2) is 0 Å². The van der Waals surface area contributed by atoms with Crippen LogP contribution in [0.1, 0.15) is 61.0 Å². The van der Waals surface area contributed by atoms with Gasteiger partial charge in [0.1, 0.15) is 5.75 Å². The van der Waals surface area contributed by atoms with Gasteiger partial charge in [0.25, 0.3) is 11.6 Å². The van der Waals surface area contributed by atoms with Crippen molar-refractivity contribution in [3.63, 3.8) is 0 Å². The molecule has 0 atom stereocenters. The average Bonchev–Trinajstić information content (AvgIpc) is 2.84. The van der Waals surface area contributed by atoms with E-state index in [2.05, 4.69) is 11.4 Å². The largest absolute Gasteiger partial charge is 0.493 e. The van der Waals surface area contributed by atoms with Crippen molar-refractivity contribution in [2.45, 2.75) is 59.4 Å². The summed E-state index contributed by atoms with van der Waals surface area (Å²) in [5, 5.41) is 14.0. The molecule has 3 rings (SSSR count). The van der Waals surface area contributed by atoms with Crippen molar-refractivity contribution in [2.75, 3.05) is 19.7 Å². The van der Waals surface area contributed by atoms with Gasteiger partial charge >= 0.3 is 0 Å². The Labute approximate surface area is 206 Å². The summed E-state index contributed by atoms with van der Waals surface area (Å²) in [5.41, 5.74) is 2.14. The van der Waals surface area contributed by atoms with E-state index in [0.29, 0.717) is 44.5 Å². The van der Waals surface area contributed by atoms with Crippen LogP contribution in [-0.2, 0) is 4.79 Å². The molecule has 0 saturated carbocycles. The predicted molar refractivity (Wildman–Crippen MR) is 135 cm³/mol. The number of aryl methyl sites for hydroxylation is 2. The number of rotatable bonds is 9. The number of non-ortho nitro benzene ring substituents is 1. The van der Waals surface area contributed by atoms with E-state index in [1.165, 1.54) is 24.3 Å². The Hall–Kier alpha value is -3.42. The third-order valence-electron chi connectivity index (χ3n) is 6.60. The molecular weight excluding hydrogens is 446 g/mol. The van der Waals surface area contributed by atoms with Crippen molar-refractivity contribution < 1.29 is 19.2 Å². The molecule has 2 aromatic rings. The molecule has 0 bridgehead atoms. The van der Waals surface area contributed by atoms with Crippen molar-refractivity contribution >= 4 is 17.5 Å². The van der Waals surface area contributed by atoms with Crippen molar-refractivity contribution in [1.82, 2.24) is 10.2 Å². The highest BCUT2D eigenvalue weighted by Crippen LogP contribution is 2.25. The third kappa shape index (κ3) is 7.04. The van der Waals surface area contributed by atoms with Crippen LogP contribution in [-0.4, -0.2) is 47.4 Å². The molecule has 8 heteroatoms. The zero-order valence-electron chi connectivity index (χ0n) is 21.0. The molecule has 1 aliphatic heterocycles. The van der Waals surface area contributed by atoms with Gasteiger partial charge in [0.05, 0.1) is 11.5 Å². The SMILES string of the molecule is Cc1ccc(C)c(OCCCC(C)(C)C(=O)NC2CCN(C(=O)c3ccc([N+](=O)[O-])cc3)CC2)c1.